The highest BCUT2D eigenvalue weighted by Gasteiger charge is 2.75. The second kappa shape index (κ2) is 1.84. The van der Waals surface area contributed by atoms with E-state index in [0.29, 0.717) is 0 Å². The van der Waals surface area contributed by atoms with E-state index >= 15 is 0 Å². The average Bonchev–Trinajstić information content (AvgIpc) is 2.91. The number of rotatable bonds is 3. The molecule has 3 unspecified atom stereocenters. The Bertz CT molecular complexity index is 289. The van der Waals surface area contributed by atoms with Crippen LogP contribution in [0.5, 0.6) is 0 Å². The first kappa shape index (κ1) is 6.88. The first-order chi connectivity index (χ1) is 5.79. The molecule has 0 N–H and O–H groups in total. The minimum atomic E-state index is 0.742. The van der Waals surface area contributed by atoms with Crippen LogP contribution >= 0.6 is 0 Å². The van der Waals surface area contributed by atoms with Crippen molar-refractivity contribution in [3.05, 3.63) is 11.1 Å². The van der Waals surface area contributed by atoms with Gasteiger partial charge in [-0.1, -0.05) is 11.1 Å². The third kappa shape index (κ3) is 0.596. The van der Waals surface area contributed by atoms with Gasteiger partial charge in [0.2, 0.25) is 0 Å². The maximum Gasteiger partial charge on any atom is 0.120 e. The van der Waals surface area contributed by atoms with Crippen molar-refractivity contribution < 1.29 is 4.79 Å². The van der Waals surface area contributed by atoms with Gasteiger partial charge in [0, 0.05) is 6.42 Å². The molecule has 0 aromatic carbocycles. The van der Waals surface area contributed by atoms with Crippen molar-refractivity contribution in [1.82, 2.24) is 0 Å². The number of allylic oxidation sites excluding steroid dienone is 2. The Kier molecular flexibility index (Phi) is 1.05. The Balaban J connectivity index is 1.81. The molecule has 12 heavy (non-hydrogen) atoms. The van der Waals surface area contributed by atoms with Gasteiger partial charge in [-0.05, 0) is 43.4 Å². The molecule has 0 aromatic rings. The van der Waals surface area contributed by atoms with Crippen LogP contribution in [-0.2, 0) is 4.79 Å². The molecule has 0 heterocycles. The van der Waals surface area contributed by atoms with Crippen LogP contribution in [0.2, 0.25) is 0 Å². The second-order valence-electron chi connectivity index (χ2n) is 4.66. The van der Waals surface area contributed by atoms with E-state index in [0.717, 1.165) is 36.4 Å². The Labute approximate surface area is 72.8 Å². The van der Waals surface area contributed by atoms with E-state index < -0.39 is 0 Å². The van der Waals surface area contributed by atoms with Gasteiger partial charge in [-0.2, -0.15) is 0 Å². The number of carbonyl (C=O) groups is 1. The molecule has 0 saturated heterocycles. The van der Waals surface area contributed by atoms with Crippen LogP contribution < -0.4 is 0 Å². The van der Waals surface area contributed by atoms with Gasteiger partial charge in [-0.25, -0.2) is 0 Å². The highest BCUT2D eigenvalue weighted by Crippen LogP contribution is 2.83. The zero-order chi connectivity index (χ0) is 8.34. The Morgan fingerprint density at radius 3 is 2.83 bits per heavy atom. The molecule has 1 spiro atoms. The van der Waals surface area contributed by atoms with Crippen LogP contribution in [-0.4, -0.2) is 6.29 Å². The summed E-state index contributed by atoms with van der Waals surface area (Å²) in [7, 11) is 0. The van der Waals surface area contributed by atoms with Gasteiger partial charge in [0.1, 0.15) is 6.29 Å². The average molecular weight is 162 g/mol. The fourth-order valence-electron chi connectivity index (χ4n) is 3.39. The zero-order valence-corrected chi connectivity index (χ0v) is 7.47. The zero-order valence-electron chi connectivity index (χ0n) is 7.47. The van der Waals surface area contributed by atoms with E-state index in [1.54, 1.807) is 11.1 Å². The van der Waals surface area contributed by atoms with E-state index in [1.165, 1.54) is 12.8 Å². The first-order valence-electron chi connectivity index (χ1n) is 4.93. The van der Waals surface area contributed by atoms with Crippen molar-refractivity contribution in [3.63, 3.8) is 0 Å². The normalized spacial score (nSPS) is 47.1. The summed E-state index contributed by atoms with van der Waals surface area (Å²) in [5, 5.41) is 0. The van der Waals surface area contributed by atoms with Gasteiger partial charge in [-0.3, -0.25) is 0 Å². The quantitative estimate of drug-likeness (QED) is 0.460. The summed E-state index contributed by atoms with van der Waals surface area (Å²) in [6.07, 6.45) is 5.76. The lowest BCUT2D eigenvalue weighted by Gasteiger charge is -2.05. The van der Waals surface area contributed by atoms with Crippen molar-refractivity contribution in [3.8, 4) is 0 Å². The van der Waals surface area contributed by atoms with Gasteiger partial charge in [-0.15, -0.1) is 0 Å². The molecular weight excluding hydrogens is 148 g/mol. The number of carbonyl (C=O) groups excluding carboxylic acids is 1. The topological polar surface area (TPSA) is 17.1 Å². The minimum absolute atomic E-state index is 0.742. The van der Waals surface area contributed by atoms with E-state index in [4.69, 9.17) is 0 Å². The molecule has 1 heteroatoms. The maximum atomic E-state index is 10.3. The van der Waals surface area contributed by atoms with Crippen LogP contribution in [0.15, 0.2) is 11.1 Å². The van der Waals surface area contributed by atoms with Crippen LogP contribution in [0.25, 0.3) is 0 Å². The molecule has 1 nitrogen and oxygen atoms in total. The molecule has 0 aliphatic heterocycles. The molecule has 0 aromatic heterocycles. The standard InChI is InChI=1S/C11H14O/c1-7-8(3-2-4-12)10-6-11(10)5-9(7)11/h4,9-10H,2-3,5-6H2,1H3. The van der Waals surface area contributed by atoms with Crippen molar-refractivity contribution >= 4 is 6.29 Å². The Morgan fingerprint density at radius 1 is 1.50 bits per heavy atom. The molecule has 3 rings (SSSR count). The summed E-state index contributed by atoms with van der Waals surface area (Å²) in [5.41, 5.74) is 4.08. The Hall–Kier alpha value is -0.590. The van der Waals surface area contributed by atoms with E-state index in [1.807, 2.05) is 0 Å². The summed E-state index contributed by atoms with van der Waals surface area (Å²) < 4.78 is 0. The second-order valence-corrected chi connectivity index (χ2v) is 4.66. The smallest absolute Gasteiger partial charge is 0.120 e. The lowest BCUT2D eigenvalue weighted by Crippen LogP contribution is -1.91. The highest BCUT2D eigenvalue weighted by atomic mass is 16.1. The number of hydrogen-bond donors (Lipinski definition) is 0. The van der Waals surface area contributed by atoms with Gasteiger partial charge in [0.15, 0.2) is 0 Å². The van der Waals surface area contributed by atoms with Crippen LogP contribution in [0.4, 0.5) is 0 Å². The van der Waals surface area contributed by atoms with Crippen LogP contribution in [0.3, 0.4) is 0 Å². The molecule has 64 valence electrons. The largest absolute Gasteiger partial charge is 0.303 e. The van der Waals surface area contributed by atoms with Crippen molar-refractivity contribution in [2.24, 2.45) is 17.3 Å². The van der Waals surface area contributed by atoms with Crippen molar-refractivity contribution in [2.45, 2.75) is 32.6 Å². The third-order valence-corrected chi connectivity index (χ3v) is 4.22. The van der Waals surface area contributed by atoms with Crippen LogP contribution in [0, 0.1) is 17.3 Å². The molecule has 3 atom stereocenters. The minimum Gasteiger partial charge on any atom is -0.303 e. The van der Waals surface area contributed by atoms with Crippen LogP contribution in [0.1, 0.15) is 32.6 Å². The van der Waals surface area contributed by atoms with E-state index in [2.05, 4.69) is 6.92 Å². The maximum absolute atomic E-state index is 10.3. The van der Waals surface area contributed by atoms with Gasteiger partial charge >= 0.3 is 0 Å². The summed E-state index contributed by atoms with van der Waals surface area (Å²) in [6.45, 7) is 2.28. The number of hydrogen-bond acceptors (Lipinski definition) is 1. The molecule has 3 aliphatic carbocycles. The summed E-state index contributed by atoms with van der Waals surface area (Å²) >= 11 is 0. The highest BCUT2D eigenvalue weighted by molar-refractivity contribution is 5.52. The lowest BCUT2D eigenvalue weighted by molar-refractivity contribution is -0.107. The molecule has 2 saturated carbocycles. The monoisotopic (exact) mass is 162 g/mol. The number of aldehydes is 1. The molecule has 0 radical (unpaired) electrons. The molecule has 3 aliphatic rings. The molecule has 0 bridgehead atoms. The van der Waals surface area contributed by atoms with Gasteiger partial charge in [0.25, 0.3) is 0 Å². The van der Waals surface area contributed by atoms with E-state index in [9.17, 15) is 4.79 Å². The first-order valence-corrected chi connectivity index (χ1v) is 4.93. The fourth-order valence-corrected chi connectivity index (χ4v) is 3.39. The summed E-state index contributed by atoms with van der Waals surface area (Å²) in [6, 6.07) is 0. The lowest BCUT2D eigenvalue weighted by atomic mass is 10.0. The summed E-state index contributed by atoms with van der Waals surface area (Å²) in [4.78, 5) is 10.3. The Morgan fingerprint density at radius 2 is 2.25 bits per heavy atom. The van der Waals surface area contributed by atoms with Gasteiger partial charge in [0.05, 0.1) is 0 Å². The predicted molar refractivity (Wildman–Crippen MR) is 46.6 cm³/mol. The SMILES string of the molecule is CC1=C(CCC=O)C2CC23CC13. The van der Waals surface area contributed by atoms with E-state index in [-0.39, 0.29) is 0 Å². The predicted octanol–water partition coefficient (Wildman–Crippen LogP) is 2.32. The van der Waals surface area contributed by atoms with Crippen molar-refractivity contribution in [2.75, 3.05) is 0 Å². The third-order valence-electron chi connectivity index (χ3n) is 4.22. The molecule has 2 fully saturated rings. The summed E-state index contributed by atoms with van der Waals surface area (Å²) in [5.74, 6) is 1.87. The molecule has 0 amide bonds. The van der Waals surface area contributed by atoms with Gasteiger partial charge < -0.3 is 4.79 Å². The molecular formula is C11H14O. The fraction of sp³-hybridized carbons (Fsp3) is 0.727. The van der Waals surface area contributed by atoms with Crippen molar-refractivity contribution in [1.29, 1.82) is 0 Å².